The van der Waals surface area contributed by atoms with Crippen LogP contribution in [0.3, 0.4) is 0 Å². The quantitative estimate of drug-likeness (QED) is 0.511. The number of anilines is 1. The summed E-state index contributed by atoms with van der Waals surface area (Å²) in [6.07, 6.45) is 3.16. The molecule has 1 saturated carbocycles. The number of carbonyl (C=O) groups excluding carboxylic acids is 2. The fraction of sp³-hybridized carbons (Fsp3) is 0.385. The molecule has 8 nitrogen and oxygen atoms in total. The second kappa shape index (κ2) is 9.29. The van der Waals surface area contributed by atoms with Gasteiger partial charge in [0.25, 0.3) is 5.91 Å². The minimum Gasteiger partial charge on any atom is -0.480 e. The highest BCUT2D eigenvalue weighted by atomic mass is 16.4. The molecule has 178 valence electrons. The number of aromatic nitrogens is 2. The van der Waals surface area contributed by atoms with Gasteiger partial charge in [-0.1, -0.05) is 30.3 Å². The van der Waals surface area contributed by atoms with Gasteiger partial charge in [-0.3, -0.25) is 14.3 Å². The zero-order valence-electron chi connectivity index (χ0n) is 19.7. The molecular formula is C26H30N4O4. The first-order valence-electron chi connectivity index (χ1n) is 11.5. The number of nitrogens with zero attached hydrogens (tertiary/aromatic N) is 2. The van der Waals surface area contributed by atoms with E-state index in [1.807, 2.05) is 48.5 Å². The lowest BCUT2D eigenvalue weighted by Crippen LogP contribution is -2.51. The minimum absolute atomic E-state index is 0.165. The number of aliphatic carboxylic acids is 1. The molecule has 1 aliphatic rings. The first kappa shape index (κ1) is 23.5. The molecule has 1 heterocycles. The van der Waals surface area contributed by atoms with E-state index < -0.39 is 11.5 Å². The molecule has 0 radical (unpaired) electrons. The Hall–Kier alpha value is -3.68. The summed E-state index contributed by atoms with van der Waals surface area (Å²) in [5, 5.41) is 20.0. The van der Waals surface area contributed by atoms with E-state index in [1.165, 1.54) is 19.4 Å². The van der Waals surface area contributed by atoms with Gasteiger partial charge in [0, 0.05) is 24.0 Å². The fourth-order valence-electron chi connectivity index (χ4n) is 4.60. The average molecular weight is 463 g/mol. The zero-order valence-corrected chi connectivity index (χ0v) is 19.7. The Labute approximate surface area is 198 Å². The van der Waals surface area contributed by atoms with E-state index in [0.717, 1.165) is 36.6 Å². The molecule has 2 aromatic carbocycles. The van der Waals surface area contributed by atoms with E-state index in [0.29, 0.717) is 17.3 Å². The largest absolute Gasteiger partial charge is 0.480 e. The standard InChI is InChI=1S/C26H30N4O4/c1-26(2,25(33)34)28-23(31)18-10-8-16(9-11-18)17-12-14-19(15-13-17)27-24(32)22-20-6-4-5-7-21(20)29-30(22)3/h4-7,12-16,18H,8-11H2,1-3H3,(H,27,32)(H,28,31)(H,33,34). The number of aryl methyl sites for hydroxylation is 1. The molecule has 0 bridgehead atoms. The van der Waals surface area contributed by atoms with E-state index in [2.05, 4.69) is 15.7 Å². The molecule has 34 heavy (non-hydrogen) atoms. The molecule has 0 spiro atoms. The van der Waals surface area contributed by atoms with Gasteiger partial charge in [0.1, 0.15) is 11.2 Å². The topological polar surface area (TPSA) is 113 Å². The molecule has 0 aliphatic heterocycles. The lowest BCUT2D eigenvalue weighted by Gasteiger charge is -2.30. The molecule has 1 aliphatic carbocycles. The van der Waals surface area contributed by atoms with Gasteiger partial charge in [0.2, 0.25) is 5.91 Å². The molecular weight excluding hydrogens is 432 g/mol. The van der Waals surface area contributed by atoms with Gasteiger partial charge < -0.3 is 15.7 Å². The van der Waals surface area contributed by atoms with Crippen molar-refractivity contribution in [3.63, 3.8) is 0 Å². The number of carboxylic acids is 1. The summed E-state index contributed by atoms with van der Waals surface area (Å²) in [5.41, 5.74) is 1.91. The van der Waals surface area contributed by atoms with Crippen molar-refractivity contribution < 1.29 is 19.5 Å². The lowest BCUT2D eigenvalue weighted by molar-refractivity contribution is -0.146. The van der Waals surface area contributed by atoms with Gasteiger partial charge in [-0.25, -0.2) is 4.79 Å². The van der Waals surface area contributed by atoms with Crippen molar-refractivity contribution in [2.75, 3.05) is 5.32 Å². The van der Waals surface area contributed by atoms with Crippen LogP contribution >= 0.6 is 0 Å². The molecule has 8 heteroatoms. The molecule has 4 rings (SSSR count). The Balaban J connectivity index is 1.35. The average Bonchev–Trinajstić information content (AvgIpc) is 3.15. The van der Waals surface area contributed by atoms with E-state index in [-0.39, 0.29) is 17.7 Å². The Bertz CT molecular complexity index is 1220. The molecule has 2 amide bonds. The monoisotopic (exact) mass is 462 g/mol. The van der Waals surface area contributed by atoms with Crippen LogP contribution in [0.4, 0.5) is 5.69 Å². The summed E-state index contributed by atoms with van der Waals surface area (Å²) in [6.45, 7) is 2.99. The predicted molar refractivity (Wildman–Crippen MR) is 130 cm³/mol. The highest BCUT2D eigenvalue weighted by molar-refractivity contribution is 6.11. The van der Waals surface area contributed by atoms with Crippen molar-refractivity contribution in [2.45, 2.75) is 51.0 Å². The van der Waals surface area contributed by atoms with Gasteiger partial charge in [-0.15, -0.1) is 0 Å². The maximum atomic E-state index is 12.9. The number of hydrogen-bond donors (Lipinski definition) is 3. The number of fused-ring (bicyclic) bond motifs is 1. The Morgan fingerprint density at radius 1 is 1.00 bits per heavy atom. The summed E-state index contributed by atoms with van der Waals surface area (Å²) in [4.78, 5) is 36.6. The Morgan fingerprint density at radius 3 is 2.29 bits per heavy atom. The van der Waals surface area contributed by atoms with Crippen molar-refractivity contribution in [1.82, 2.24) is 15.1 Å². The minimum atomic E-state index is -1.27. The van der Waals surface area contributed by atoms with Crippen LogP contribution in [-0.4, -0.2) is 38.2 Å². The third kappa shape index (κ3) is 4.81. The van der Waals surface area contributed by atoms with Crippen molar-refractivity contribution in [3.05, 3.63) is 59.8 Å². The van der Waals surface area contributed by atoms with Crippen LogP contribution in [0.15, 0.2) is 48.5 Å². The normalized spacial score (nSPS) is 18.4. The third-order valence-electron chi connectivity index (χ3n) is 6.66. The summed E-state index contributed by atoms with van der Waals surface area (Å²) in [5.74, 6) is -1.27. The van der Waals surface area contributed by atoms with Crippen LogP contribution in [0, 0.1) is 5.92 Å². The molecule has 1 fully saturated rings. The summed E-state index contributed by atoms with van der Waals surface area (Å²) in [7, 11) is 1.76. The highest BCUT2D eigenvalue weighted by Crippen LogP contribution is 2.36. The maximum absolute atomic E-state index is 12.9. The molecule has 1 aromatic heterocycles. The number of benzene rings is 2. The van der Waals surface area contributed by atoms with Crippen LogP contribution in [-0.2, 0) is 16.6 Å². The second-order valence-corrected chi connectivity index (χ2v) is 9.53. The second-order valence-electron chi connectivity index (χ2n) is 9.53. The molecule has 3 N–H and O–H groups in total. The van der Waals surface area contributed by atoms with E-state index >= 15 is 0 Å². The summed E-state index contributed by atoms with van der Waals surface area (Å²) < 4.78 is 1.60. The van der Waals surface area contributed by atoms with Crippen LogP contribution in [0.2, 0.25) is 0 Å². The van der Waals surface area contributed by atoms with Crippen molar-refractivity contribution in [1.29, 1.82) is 0 Å². The van der Waals surface area contributed by atoms with Gasteiger partial charge >= 0.3 is 5.97 Å². The number of carboxylic acid groups (broad SMARTS) is 1. The van der Waals surface area contributed by atoms with Crippen molar-refractivity contribution in [2.24, 2.45) is 13.0 Å². The van der Waals surface area contributed by atoms with Crippen LogP contribution in [0.1, 0.15) is 61.5 Å². The molecule has 3 aromatic rings. The van der Waals surface area contributed by atoms with Crippen LogP contribution in [0.25, 0.3) is 10.9 Å². The van der Waals surface area contributed by atoms with E-state index in [1.54, 1.807) is 11.7 Å². The first-order chi connectivity index (χ1) is 16.2. The Morgan fingerprint density at radius 2 is 1.65 bits per heavy atom. The van der Waals surface area contributed by atoms with Gasteiger partial charge in [0.15, 0.2) is 0 Å². The van der Waals surface area contributed by atoms with E-state index in [9.17, 15) is 19.5 Å². The molecule has 0 saturated heterocycles. The molecule has 0 atom stereocenters. The Kier molecular flexibility index (Phi) is 6.41. The first-order valence-corrected chi connectivity index (χ1v) is 11.5. The summed E-state index contributed by atoms with van der Waals surface area (Å²) in [6, 6.07) is 15.4. The zero-order chi connectivity index (χ0) is 24.5. The van der Waals surface area contributed by atoms with Crippen molar-refractivity contribution in [3.8, 4) is 0 Å². The number of amides is 2. The number of carbonyl (C=O) groups is 3. The van der Waals surface area contributed by atoms with E-state index in [4.69, 9.17) is 0 Å². The predicted octanol–water partition coefficient (Wildman–Crippen LogP) is 4.08. The SMILES string of the molecule is Cn1nc2ccccc2c1C(=O)Nc1ccc(C2CCC(C(=O)NC(C)(C)C(=O)O)CC2)cc1. The van der Waals surface area contributed by atoms with Gasteiger partial charge in [-0.05, 0) is 69.2 Å². The maximum Gasteiger partial charge on any atom is 0.328 e. The summed E-state index contributed by atoms with van der Waals surface area (Å²) >= 11 is 0. The lowest BCUT2D eigenvalue weighted by atomic mass is 9.78. The number of nitrogens with one attached hydrogen (secondary N) is 2. The van der Waals surface area contributed by atoms with Crippen molar-refractivity contribution >= 4 is 34.4 Å². The van der Waals surface area contributed by atoms with Crippen LogP contribution in [0.5, 0.6) is 0 Å². The number of rotatable bonds is 6. The van der Waals surface area contributed by atoms with Crippen LogP contribution < -0.4 is 10.6 Å². The van der Waals surface area contributed by atoms with Gasteiger partial charge in [0.05, 0.1) is 5.52 Å². The highest BCUT2D eigenvalue weighted by Gasteiger charge is 2.34. The van der Waals surface area contributed by atoms with Gasteiger partial charge in [-0.2, -0.15) is 5.10 Å². The fourth-order valence-corrected chi connectivity index (χ4v) is 4.60. The molecule has 0 unspecified atom stereocenters. The third-order valence-corrected chi connectivity index (χ3v) is 6.66. The smallest absolute Gasteiger partial charge is 0.328 e. The number of hydrogen-bond acceptors (Lipinski definition) is 4.